The molecule has 2 aromatic heterocycles. The number of rotatable bonds is 5. The number of carbonyl (C=O) groups is 1. The minimum atomic E-state index is -0.291. The summed E-state index contributed by atoms with van der Waals surface area (Å²) in [5, 5.41) is 5.03. The van der Waals surface area contributed by atoms with E-state index in [4.69, 9.17) is 4.98 Å². The Labute approximate surface area is 166 Å². The number of nitrogens with one attached hydrogen (secondary N) is 1. The Morgan fingerprint density at radius 3 is 2.81 bits per heavy atom. The van der Waals surface area contributed by atoms with Gasteiger partial charge in [0.05, 0.1) is 0 Å². The lowest BCUT2D eigenvalue weighted by molar-refractivity contribution is -0.120. The molecule has 138 valence electrons. The van der Waals surface area contributed by atoms with Crippen LogP contribution in [0.25, 0.3) is 10.2 Å². The molecule has 0 bridgehead atoms. The van der Waals surface area contributed by atoms with Gasteiger partial charge in [0.2, 0.25) is 5.91 Å². The Bertz CT molecular complexity index is 1010. The standard InChI is InChI=1S/C21H21N3OS2/c1-12-22-20-17(15-8-5-9-16(15)26-20)21(23-12)27-18(13-6-3-2-4-7-13)19(25)24-14-10-11-14/h2-4,6-7,14,18H,5,8-11H2,1H3,(H,24,25)/t18-/m1/s1. The van der Waals surface area contributed by atoms with Crippen LogP contribution in [-0.2, 0) is 17.6 Å². The molecule has 0 aliphatic heterocycles. The van der Waals surface area contributed by atoms with Crippen molar-refractivity contribution in [2.75, 3.05) is 0 Å². The van der Waals surface area contributed by atoms with Gasteiger partial charge in [-0.3, -0.25) is 4.79 Å². The topological polar surface area (TPSA) is 54.9 Å². The quantitative estimate of drug-likeness (QED) is 0.507. The van der Waals surface area contributed by atoms with Crippen LogP contribution >= 0.6 is 23.1 Å². The monoisotopic (exact) mass is 395 g/mol. The number of amides is 1. The Morgan fingerprint density at radius 1 is 1.22 bits per heavy atom. The summed E-state index contributed by atoms with van der Waals surface area (Å²) in [7, 11) is 0. The molecule has 3 aromatic rings. The van der Waals surface area contributed by atoms with E-state index >= 15 is 0 Å². The fourth-order valence-electron chi connectivity index (χ4n) is 3.67. The van der Waals surface area contributed by atoms with Crippen LogP contribution in [0.4, 0.5) is 0 Å². The summed E-state index contributed by atoms with van der Waals surface area (Å²) in [4.78, 5) is 25.0. The molecule has 6 heteroatoms. The maximum atomic E-state index is 13.0. The van der Waals surface area contributed by atoms with Gasteiger partial charge in [-0.25, -0.2) is 9.97 Å². The highest BCUT2D eigenvalue weighted by atomic mass is 32.2. The van der Waals surface area contributed by atoms with E-state index in [-0.39, 0.29) is 11.2 Å². The Morgan fingerprint density at radius 2 is 2.04 bits per heavy atom. The van der Waals surface area contributed by atoms with E-state index < -0.39 is 0 Å². The average Bonchev–Trinajstić information content (AvgIpc) is 3.23. The van der Waals surface area contributed by atoms with Crippen molar-refractivity contribution >= 4 is 39.2 Å². The molecule has 1 saturated carbocycles. The van der Waals surface area contributed by atoms with Gasteiger partial charge in [0.15, 0.2) is 0 Å². The van der Waals surface area contributed by atoms with Crippen molar-refractivity contribution in [1.82, 2.24) is 15.3 Å². The van der Waals surface area contributed by atoms with Crippen molar-refractivity contribution < 1.29 is 4.79 Å². The molecule has 4 nitrogen and oxygen atoms in total. The van der Waals surface area contributed by atoms with Gasteiger partial charge in [0.25, 0.3) is 0 Å². The summed E-state index contributed by atoms with van der Waals surface area (Å²) < 4.78 is 0. The van der Waals surface area contributed by atoms with Gasteiger partial charge in [-0.2, -0.15) is 0 Å². The van der Waals surface area contributed by atoms with Crippen molar-refractivity contribution in [2.45, 2.75) is 55.3 Å². The largest absolute Gasteiger partial charge is 0.352 e. The zero-order chi connectivity index (χ0) is 18.4. The summed E-state index contributed by atoms with van der Waals surface area (Å²) in [6, 6.07) is 10.4. The third kappa shape index (κ3) is 3.36. The molecular formula is C21H21N3OS2. The summed E-state index contributed by atoms with van der Waals surface area (Å²) in [5.74, 6) is 0.865. The van der Waals surface area contributed by atoms with Crippen LogP contribution in [0.1, 0.15) is 46.3 Å². The van der Waals surface area contributed by atoms with Gasteiger partial charge < -0.3 is 5.32 Å². The maximum Gasteiger partial charge on any atom is 0.238 e. The van der Waals surface area contributed by atoms with E-state index in [0.29, 0.717) is 6.04 Å². The first-order valence-corrected chi connectivity index (χ1v) is 11.2. The fraction of sp³-hybridized carbons (Fsp3) is 0.381. The van der Waals surface area contributed by atoms with Gasteiger partial charge in [-0.05, 0) is 50.2 Å². The van der Waals surface area contributed by atoms with Gasteiger partial charge in [-0.1, -0.05) is 42.1 Å². The molecule has 1 amide bonds. The van der Waals surface area contributed by atoms with Crippen LogP contribution in [0.3, 0.4) is 0 Å². The number of thiophene rings is 1. The van der Waals surface area contributed by atoms with Gasteiger partial charge in [0.1, 0.15) is 20.9 Å². The third-order valence-electron chi connectivity index (χ3n) is 5.14. The SMILES string of the molecule is Cc1nc(S[C@@H](C(=O)NC2CC2)c2ccccc2)c2c3c(sc2n1)CCC3. The van der Waals surface area contributed by atoms with E-state index in [1.165, 1.54) is 22.2 Å². The third-order valence-corrected chi connectivity index (χ3v) is 7.56. The number of nitrogens with zero attached hydrogens (tertiary/aromatic N) is 2. The molecule has 5 rings (SSSR count). The molecule has 1 atom stereocenters. The lowest BCUT2D eigenvalue weighted by atomic mass is 10.1. The van der Waals surface area contributed by atoms with Crippen molar-refractivity contribution in [2.24, 2.45) is 0 Å². The van der Waals surface area contributed by atoms with Crippen molar-refractivity contribution in [1.29, 1.82) is 0 Å². The number of thioether (sulfide) groups is 1. The molecule has 0 unspecified atom stereocenters. The minimum Gasteiger partial charge on any atom is -0.352 e. The second-order valence-electron chi connectivity index (χ2n) is 7.30. The number of hydrogen-bond acceptors (Lipinski definition) is 5. The van der Waals surface area contributed by atoms with E-state index in [1.807, 2.05) is 37.3 Å². The molecule has 0 spiro atoms. The van der Waals surface area contributed by atoms with Crippen molar-refractivity contribution in [3.8, 4) is 0 Å². The van der Waals surface area contributed by atoms with Crippen molar-refractivity contribution in [3.63, 3.8) is 0 Å². The molecule has 2 aliphatic rings. The van der Waals surface area contributed by atoms with E-state index in [9.17, 15) is 4.79 Å². The smallest absolute Gasteiger partial charge is 0.238 e. The molecule has 2 aliphatic carbocycles. The van der Waals surface area contributed by atoms with Crippen LogP contribution in [0.5, 0.6) is 0 Å². The molecule has 2 heterocycles. The van der Waals surface area contributed by atoms with Crippen LogP contribution in [0, 0.1) is 6.92 Å². The first kappa shape index (κ1) is 17.2. The fourth-order valence-corrected chi connectivity index (χ4v) is 6.25. The number of aryl methyl sites for hydroxylation is 3. The molecule has 27 heavy (non-hydrogen) atoms. The lowest BCUT2D eigenvalue weighted by Gasteiger charge is -2.17. The molecular weight excluding hydrogens is 374 g/mol. The van der Waals surface area contributed by atoms with Gasteiger partial charge in [-0.15, -0.1) is 11.3 Å². The summed E-state index contributed by atoms with van der Waals surface area (Å²) in [6.45, 7) is 1.94. The number of fused-ring (bicyclic) bond motifs is 3. The number of benzene rings is 1. The minimum absolute atomic E-state index is 0.0880. The first-order chi connectivity index (χ1) is 13.2. The maximum absolute atomic E-state index is 13.0. The highest BCUT2D eigenvalue weighted by molar-refractivity contribution is 8.00. The molecule has 1 N–H and O–H groups in total. The predicted octanol–water partition coefficient (Wildman–Crippen LogP) is 4.60. The number of carbonyl (C=O) groups excluding carboxylic acids is 1. The Balaban J connectivity index is 1.57. The summed E-state index contributed by atoms with van der Waals surface area (Å²) in [6.07, 6.45) is 5.63. The van der Waals surface area contributed by atoms with Crippen LogP contribution < -0.4 is 5.32 Å². The average molecular weight is 396 g/mol. The van der Waals surface area contributed by atoms with Crippen LogP contribution in [0.15, 0.2) is 35.4 Å². The lowest BCUT2D eigenvalue weighted by Crippen LogP contribution is -2.29. The summed E-state index contributed by atoms with van der Waals surface area (Å²) >= 11 is 3.38. The van der Waals surface area contributed by atoms with E-state index in [2.05, 4.69) is 10.3 Å². The van der Waals surface area contributed by atoms with Gasteiger partial charge in [0, 0.05) is 16.3 Å². The molecule has 0 saturated heterocycles. The molecule has 1 aromatic carbocycles. The van der Waals surface area contributed by atoms with Crippen molar-refractivity contribution in [3.05, 3.63) is 52.2 Å². The first-order valence-electron chi connectivity index (χ1n) is 9.50. The summed E-state index contributed by atoms with van der Waals surface area (Å²) in [5.41, 5.74) is 2.43. The van der Waals surface area contributed by atoms with Crippen LogP contribution in [0.2, 0.25) is 0 Å². The zero-order valence-corrected chi connectivity index (χ0v) is 16.8. The van der Waals surface area contributed by atoms with Gasteiger partial charge >= 0.3 is 0 Å². The molecule has 0 radical (unpaired) electrons. The highest BCUT2D eigenvalue weighted by Crippen LogP contribution is 2.44. The number of aromatic nitrogens is 2. The second kappa shape index (κ2) is 6.91. The Hall–Kier alpha value is -1.92. The van der Waals surface area contributed by atoms with E-state index in [0.717, 1.165) is 46.9 Å². The van der Waals surface area contributed by atoms with E-state index in [1.54, 1.807) is 23.1 Å². The normalized spacial score (nSPS) is 17.1. The molecule has 1 fully saturated rings. The second-order valence-corrected chi connectivity index (χ2v) is 9.48. The predicted molar refractivity (Wildman–Crippen MR) is 110 cm³/mol. The Kier molecular flexibility index (Phi) is 4.40. The highest BCUT2D eigenvalue weighted by Gasteiger charge is 2.31. The number of hydrogen-bond donors (Lipinski definition) is 1. The van der Waals surface area contributed by atoms with Crippen LogP contribution in [-0.4, -0.2) is 21.9 Å². The zero-order valence-electron chi connectivity index (χ0n) is 15.2.